The predicted octanol–water partition coefficient (Wildman–Crippen LogP) is 6.98. The zero-order valence-electron chi connectivity index (χ0n) is 8.95. The Morgan fingerprint density at radius 1 is 0.579 bits per heavy atom. The highest BCUT2D eigenvalue weighted by molar-refractivity contribution is 6.47. The monoisotopic (exact) mass is 374 g/mol. The minimum Gasteiger partial charge on any atom is -0.505 e. The molecule has 0 aromatic heterocycles. The Morgan fingerprint density at radius 3 is 1.74 bits per heavy atom. The Bertz CT molecular complexity index is 668. The van der Waals surface area contributed by atoms with Crippen LogP contribution in [0.4, 0.5) is 0 Å². The van der Waals surface area contributed by atoms with Gasteiger partial charge in [0.15, 0.2) is 5.75 Å². The van der Waals surface area contributed by atoms with Crippen LogP contribution in [0.3, 0.4) is 0 Å². The summed E-state index contributed by atoms with van der Waals surface area (Å²) in [6, 6.07) is 4.52. The average Bonchev–Trinajstić information content (AvgIpc) is 2.36. The summed E-state index contributed by atoms with van der Waals surface area (Å²) in [4.78, 5) is 0. The lowest BCUT2D eigenvalue weighted by molar-refractivity contribution is 0.476. The molecule has 0 aliphatic carbocycles. The lowest BCUT2D eigenvalue weighted by Gasteiger charge is -2.12. The van der Waals surface area contributed by atoms with Gasteiger partial charge in [-0.05, 0) is 18.2 Å². The third-order valence-corrected chi connectivity index (χ3v) is 4.63. The van der Waals surface area contributed by atoms with Crippen LogP contribution in [0.25, 0.3) is 11.1 Å². The molecule has 0 aliphatic heterocycles. The molecule has 0 unspecified atom stereocenters. The van der Waals surface area contributed by atoms with E-state index in [1.807, 2.05) is 0 Å². The van der Waals surface area contributed by atoms with Crippen LogP contribution in [0.5, 0.6) is 5.75 Å². The van der Waals surface area contributed by atoms with Crippen LogP contribution in [0.2, 0.25) is 30.1 Å². The smallest absolute Gasteiger partial charge is 0.154 e. The maximum Gasteiger partial charge on any atom is 0.154 e. The van der Waals surface area contributed by atoms with Crippen molar-refractivity contribution in [1.82, 2.24) is 0 Å². The first-order valence-electron chi connectivity index (χ1n) is 4.84. The third-order valence-electron chi connectivity index (χ3n) is 2.43. The fraction of sp³-hybridized carbons (Fsp3) is 0. The van der Waals surface area contributed by atoms with Crippen LogP contribution in [0, 0.1) is 0 Å². The molecule has 0 fully saturated rings. The molecular formula is C12H4Cl6O. The highest BCUT2D eigenvalue weighted by Crippen LogP contribution is 2.46. The number of phenolic OH excluding ortho intramolecular Hbond substituents is 1. The first-order valence-corrected chi connectivity index (χ1v) is 7.11. The van der Waals surface area contributed by atoms with Crippen molar-refractivity contribution in [3.8, 4) is 16.9 Å². The van der Waals surface area contributed by atoms with Gasteiger partial charge in [0.05, 0.1) is 25.1 Å². The molecule has 0 bridgehead atoms. The van der Waals surface area contributed by atoms with Gasteiger partial charge in [-0.15, -0.1) is 0 Å². The maximum absolute atomic E-state index is 9.79. The van der Waals surface area contributed by atoms with Crippen molar-refractivity contribution in [3.05, 3.63) is 48.3 Å². The van der Waals surface area contributed by atoms with Gasteiger partial charge >= 0.3 is 0 Å². The van der Waals surface area contributed by atoms with Gasteiger partial charge < -0.3 is 5.11 Å². The van der Waals surface area contributed by atoms with Crippen molar-refractivity contribution in [2.24, 2.45) is 0 Å². The minimum absolute atomic E-state index is 0.0217. The van der Waals surface area contributed by atoms with Gasteiger partial charge in [0.1, 0.15) is 5.02 Å². The fourth-order valence-electron chi connectivity index (χ4n) is 1.52. The summed E-state index contributed by atoms with van der Waals surface area (Å²) in [6.45, 7) is 0. The minimum atomic E-state index is -0.312. The number of rotatable bonds is 1. The van der Waals surface area contributed by atoms with E-state index in [4.69, 9.17) is 69.6 Å². The first-order chi connectivity index (χ1) is 8.82. The number of benzene rings is 2. The molecule has 1 nitrogen and oxygen atoms in total. The van der Waals surface area contributed by atoms with Crippen LogP contribution in [0.15, 0.2) is 18.2 Å². The van der Waals surface area contributed by atoms with Crippen LogP contribution < -0.4 is 0 Å². The maximum atomic E-state index is 9.79. The highest BCUT2D eigenvalue weighted by atomic mass is 35.5. The third kappa shape index (κ3) is 2.87. The Morgan fingerprint density at radius 2 is 1.11 bits per heavy atom. The van der Waals surface area contributed by atoms with Crippen molar-refractivity contribution in [1.29, 1.82) is 0 Å². The van der Waals surface area contributed by atoms with Gasteiger partial charge in [-0.25, -0.2) is 0 Å². The van der Waals surface area contributed by atoms with Gasteiger partial charge in [-0.2, -0.15) is 0 Å². The quantitative estimate of drug-likeness (QED) is 0.532. The van der Waals surface area contributed by atoms with E-state index < -0.39 is 0 Å². The molecule has 2 aromatic carbocycles. The summed E-state index contributed by atoms with van der Waals surface area (Å²) in [6.07, 6.45) is 0. The molecule has 2 rings (SSSR count). The number of phenols is 1. The lowest BCUT2D eigenvalue weighted by Crippen LogP contribution is -1.85. The first kappa shape index (κ1) is 15.4. The molecule has 0 heterocycles. The van der Waals surface area contributed by atoms with Crippen LogP contribution in [-0.4, -0.2) is 5.11 Å². The molecule has 0 atom stereocenters. The van der Waals surface area contributed by atoms with E-state index in [1.165, 1.54) is 18.2 Å². The molecular weight excluding hydrogens is 373 g/mol. The lowest BCUT2D eigenvalue weighted by atomic mass is 10.1. The van der Waals surface area contributed by atoms with Crippen LogP contribution >= 0.6 is 69.6 Å². The van der Waals surface area contributed by atoms with Crippen molar-refractivity contribution in [2.45, 2.75) is 0 Å². The molecule has 0 saturated heterocycles. The number of hydrogen-bond acceptors (Lipinski definition) is 1. The van der Waals surface area contributed by atoms with Crippen LogP contribution in [0.1, 0.15) is 0 Å². The van der Waals surface area contributed by atoms with E-state index in [0.29, 0.717) is 26.2 Å². The second-order valence-corrected chi connectivity index (χ2v) is 6.01. The van der Waals surface area contributed by atoms with E-state index in [9.17, 15) is 5.11 Å². The molecule has 0 amide bonds. The molecule has 1 N–H and O–H groups in total. The molecule has 2 aromatic rings. The SMILES string of the molecule is Oc1c(Cl)c(Cl)cc(-c2cc(Cl)c(Cl)cc2Cl)c1Cl. The summed E-state index contributed by atoms with van der Waals surface area (Å²) in [5.41, 5.74) is 0.909. The summed E-state index contributed by atoms with van der Waals surface area (Å²) in [7, 11) is 0. The summed E-state index contributed by atoms with van der Waals surface area (Å²) >= 11 is 35.6. The van der Waals surface area contributed by atoms with E-state index >= 15 is 0 Å². The Kier molecular flexibility index (Phi) is 4.67. The Hall–Kier alpha value is -0.0200. The summed E-state index contributed by atoms with van der Waals surface area (Å²) in [5.74, 6) is -0.312. The van der Waals surface area contributed by atoms with Gasteiger partial charge in [0.25, 0.3) is 0 Å². The largest absolute Gasteiger partial charge is 0.505 e. The average molecular weight is 377 g/mol. The zero-order valence-corrected chi connectivity index (χ0v) is 13.5. The van der Waals surface area contributed by atoms with E-state index in [0.717, 1.165) is 0 Å². The molecule has 19 heavy (non-hydrogen) atoms. The normalized spacial score (nSPS) is 10.8. The summed E-state index contributed by atoms with van der Waals surface area (Å²) in [5, 5.41) is 10.9. The molecule has 0 saturated carbocycles. The van der Waals surface area contributed by atoms with Gasteiger partial charge in [0, 0.05) is 11.1 Å². The number of aromatic hydroxyl groups is 1. The predicted molar refractivity (Wildman–Crippen MR) is 83.6 cm³/mol. The van der Waals surface area contributed by atoms with Crippen molar-refractivity contribution < 1.29 is 5.11 Å². The number of halogens is 6. The second-order valence-electron chi connectivity index (χ2n) is 3.63. The Labute approximate surface area is 139 Å². The van der Waals surface area contributed by atoms with Crippen molar-refractivity contribution in [2.75, 3.05) is 0 Å². The second kappa shape index (κ2) is 5.77. The fourth-order valence-corrected chi connectivity index (χ4v) is 2.81. The number of hydrogen-bond donors (Lipinski definition) is 1. The summed E-state index contributed by atoms with van der Waals surface area (Å²) < 4.78 is 0. The van der Waals surface area contributed by atoms with E-state index in [-0.39, 0.29) is 20.8 Å². The molecule has 0 aliphatic rings. The molecule has 0 spiro atoms. The van der Waals surface area contributed by atoms with E-state index in [2.05, 4.69) is 0 Å². The van der Waals surface area contributed by atoms with Crippen molar-refractivity contribution >= 4 is 69.6 Å². The van der Waals surface area contributed by atoms with Gasteiger partial charge in [-0.1, -0.05) is 69.6 Å². The Balaban J connectivity index is 2.76. The molecule has 7 heteroatoms. The molecule has 0 radical (unpaired) electrons. The van der Waals surface area contributed by atoms with E-state index in [1.54, 1.807) is 0 Å². The van der Waals surface area contributed by atoms with Gasteiger partial charge in [-0.3, -0.25) is 0 Å². The zero-order chi connectivity index (χ0) is 14.3. The molecule has 100 valence electrons. The highest BCUT2D eigenvalue weighted by Gasteiger charge is 2.18. The van der Waals surface area contributed by atoms with Crippen LogP contribution in [-0.2, 0) is 0 Å². The standard InChI is InChI=1S/C12H4Cl6O/c13-6-3-8(15)7(14)1-4(6)5-2-9(16)11(18)12(19)10(5)17/h1-3,19H. The van der Waals surface area contributed by atoms with Crippen molar-refractivity contribution in [3.63, 3.8) is 0 Å². The van der Waals surface area contributed by atoms with Gasteiger partial charge in [0.2, 0.25) is 0 Å². The topological polar surface area (TPSA) is 20.2 Å².